The summed E-state index contributed by atoms with van der Waals surface area (Å²) >= 11 is 0. The van der Waals surface area contributed by atoms with Crippen LogP contribution in [0.1, 0.15) is 31.2 Å². The molecular weight excluding hydrogens is 266 g/mol. The number of nitrogens with one attached hydrogen (secondary N) is 1. The van der Waals surface area contributed by atoms with E-state index in [4.69, 9.17) is 4.74 Å². The zero-order valence-corrected chi connectivity index (χ0v) is 12.8. The van der Waals surface area contributed by atoms with Gasteiger partial charge in [0.2, 0.25) is 0 Å². The lowest BCUT2D eigenvalue weighted by atomic mass is 9.87. The molecule has 1 saturated carbocycles. The van der Waals surface area contributed by atoms with Crippen molar-refractivity contribution in [1.29, 1.82) is 0 Å². The Morgan fingerprint density at radius 3 is 2.76 bits per heavy atom. The number of aryl methyl sites for hydroxylation is 1. The van der Waals surface area contributed by atoms with Crippen molar-refractivity contribution in [3.8, 4) is 5.75 Å². The van der Waals surface area contributed by atoms with Crippen molar-refractivity contribution in [2.45, 2.75) is 38.7 Å². The SMILES string of the molecule is Cc1cccc(OCC(O)CNCC2(CO)CCCC2)c1. The number of aliphatic hydroxyl groups is 2. The fourth-order valence-electron chi connectivity index (χ4n) is 2.98. The Labute approximate surface area is 127 Å². The van der Waals surface area contributed by atoms with Crippen molar-refractivity contribution in [1.82, 2.24) is 5.32 Å². The molecule has 0 amide bonds. The van der Waals surface area contributed by atoms with Gasteiger partial charge in [0.25, 0.3) is 0 Å². The molecule has 0 bridgehead atoms. The van der Waals surface area contributed by atoms with E-state index in [2.05, 4.69) is 5.32 Å². The van der Waals surface area contributed by atoms with Gasteiger partial charge in [0, 0.05) is 25.1 Å². The Balaban J connectivity index is 1.66. The van der Waals surface area contributed by atoms with Crippen LogP contribution in [0, 0.1) is 12.3 Å². The molecule has 4 nitrogen and oxygen atoms in total. The highest BCUT2D eigenvalue weighted by atomic mass is 16.5. The van der Waals surface area contributed by atoms with E-state index in [0.29, 0.717) is 6.54 Å². The summed E-state index contributed by atoms with van der Waals surface area (Å²) in [6, 6.07) is 7.81. The monoisotopic (exact) mass is 293 g/mol. The maximum Gasteiger partial charge on any atom is 0.119 e. The number of hydrogen-bond donors (Lipinski definition) is 3. The van der Waals surface area contributed by atoms with Crippen LogP contribution in [0.3, 0.4) is 0 Å². The van der Waals surface area contributed by atoms with Crippen LogP contribution in [0.15, 0.2) is 24.3 Å². The standard InChI is InChI=1S/C17H27NO3/c1-14-5-4-6-16(9-14)21-11-15(20)10-18-12-17(13-19)7-2-3-8-17/h4-6,9,15,18-20H,2-3,7-8,10-13H2,1H3. The van der Waals surface area contributed by atoms with Gasteiger partial charge in [-0.1, -0.05) is 25.0 Å². The molecule has 1 aromatic carbocycles. The fourth-order valence-corrected chi connectivity index (χ4v) is 2.98. The molecule has 118 valence electrons. The van der Waals surface area contributed by atoms with Crippen molar-refractivity contribution in [2.75, 3.05) is 26.3 Å². The highest BCUT2D eigenvalue weighted by molar-refractivity contribution is 5.27. The van der Waals surface area contributed by atoms with E-state index < -0.39 is 6.10 Å². The van der Waals surface area contributed by atoms with Gasteiger partial charge in [-0.05, 0) is 37.5 Å². The lowest BCUT2D eigenvalue weighted by Crippen LogP contribution is -2.40. The van der Waals surface area contributed by atoms with Crippen LogP contribution in [0.5, 0.6) is 5.75 Å². The predicted molar refractivity (Wildman–Crippen MR) is 83.5 cm³/mol. The van der Waals surface area contributed by atoms with Crippen LogP contribution in [0.25, 0.3) is 0 Å². The van der Waals surface area contributed by atoms with Gasteiger partial charge in [0.1, 0.15) is 18.5 Å². The van der Waals surface area contributed by atoms with E-state index in [-0.39, 0.29) is 18.6 Å². The summed E-state index contributed by atoms with van der Waals surface area (Å²) in [5.41, 5.74) is 1.17. The highest BCUT2D eigenvalue weighted by Gasteiger charge is 2.32. The number of ether oxygens (including phenoxy) is 1. The third kappa shape index (κ3) is 4.99. The molecule has 0 aromatic heterocycles. The van der Waals surface area contributed by atoms with Gasteiger partial charge in [-0.3, -0.25) is 0 Å². The third-order valence-electron chi connectivity index (χ3n) is 4.31. The van der Waals surface area contributed by atoms with Crippen LogP contribution in [0.4, 0.5) is 0 Å². The first-order valence-corrected chi connectivity index (χ1v) is 7.83. The van der Waals surface area contributed by atoms with Gasteiger partial charge in [0.15, 0.2) is 0 Å². The van der Waals surface area contributed by atoms with Gasteiger partial charge < -0.3 is 20.3 Å². The van der Waals surface area contributed by atoms with Crippen molar-refractivity contribution < 1.29 is 14.9 Å². The van der Waals surface area contributed by atoms with Crippen LogP contribution in [-0.4, -0.2) is 42.6 Å². The van der Waals surface area contributed by atoms with E-state index in [1.54, 1.807) is 0 Å². The lowest BCUT2D eigenvalue weighted by molar-refractivity contribution is 0.0917. The molecule has 0 heterocycles. The Morgan fingerprint density at radius 2 is 2.10 bits per heavy atom. The smallest absolute Gasteiger partial charge is 0.119 e. The molecule has 1 aromatic rings. The topological polar surface area (TPSA) is 61.7 Å². The quantitative estimate of drug-likeness (QED) is 0.685. The molecule has 2 rings (SSSR count). The molecule has 1 unspecified atom stereocenters. The summed E-state index contributed by atoms with van der Waals surface area (Å²) in [5.74, 6) is 0.789. The zero-order valence-electron chi connectivity index (χ0n) is 12.8. The Bertz CT molecular complexity index is 430. The summed E-state index contributed by atoms with van der Waals surface area (Å²) in [7, 11) is 0. The van der Waals surface area contributed by atoms with E-state index in [0.717, 1.165) is 30.7 Å². The minimum absolute atomic E-state index is 0.0249. The second-order valence-electron chi connectivity index (χ2n) is 6.28. The molecule has 1 fully saturated rings. The van der Waals surface area contributed by atoms with Gasteiger partial charge in [-0.15, -0.1) is 0 Å². The maximum atomic E-state index is 9.96. The van der Waals surface area contributed by atoms with E-state index in [1.165, 1.54) is 12.8 Å². The first kappa shape index (κ1) is 16.3. The first-order chi connectivity index (χ1) is 10.1. The van der Waals surface area contributed by atoms with Crippen LogP contribution in [-0.2, 0) is 0 Å². The molecule has 0 aliphatic heterocycles. The fraction of sp³-hybridized carbons (Fsp3) is 0.647. The average molecular weight is 293 g/mol. The number of rotatable bonds is 8. The van der Waals surface area contributed by atoms with Crippen LogP contribution < -0.4 is 10.1 Å². The maximum absolute atomic E-state index is 9.96. The second kappa shape index (κ2) is 7.78. The molecule has 0 saturated heterocycles. The Hall–Kier alpha value is -1.10. The van der Waals surface area contributed by atoms with Crippen LogP contribution >= 0.6 is 0 Å². The summed E-state index contributed by atoms with van der Waals surface area (Å²) < 4.78 is 5.58. The molecule has 21 heavy (non-hydrogen) atoms. The first-order valence-electron chi connectivity index (χ1n) is 7.83. The van der Waals surface area contributed by atoms with E-state index in [1.807, 2.05) is 31.2 Å². The lowest BCUT2D eigenvalue weighted by Gasteiger charge is -2.27. The van der Waals surface area contributed by atoms with E-state index >= 15 is 0 Å². The molecule has 4 heteroatoms. The summed E-state index contributed by atoms with van der Waals surface area (Å²) in [6.07, 6.45) is 4.00. The second-order valence-corrected chi connectivity index (χ2v) is 6.28. The summed E-state index contributed by atoms with van der Waals surface area (Å²) in [4.78, 5) is 0. The van der Waals surface area contributed by atoms with Crippen molar-refractivity contribution in [3.05, 3.63) is 29.8 Å². The molecule has 3 N–H and O–H groups in total. The van der Waals surface area contributed by atoms with Gasteiger partial charge in [-0.2, -0.15) is 0 Å². The van der Waals surface area contributed by atoms with Crippen LogP contribution in [0.2, 0.25) is 0 Å². The molecule has 0 radical (unpaired) electrons. The van der Waals surface area contributed by atoms with Gasteiger partial charge in [0.05, 0.1) is 0 Å². The number of benzene rings is 1. The Kier molecular flexibility index (Phi) is 6.03. The Morgan fingerprint density at radius 1 is 1.33 bits per heavy atom. The summed E-state index contributed by atoms with van der Waals surface area (Å²) in [5, 5.41) is 22.8. The van der Waals surface area contributed by atoms with Crippen molar-refractivity contribution in [3.63, 3.8) is 0 Å². The summed E-state index contributed by atoms with van der Waals surface area (Å²) in [6.45, 7) is 3.79. The third-order valence-corrected chi connectivity index (χ3v) is 4.31. The zero-order chi connectivity index (χ0) is 15.1. The van der Waals surface area contributed by atoms with Gasteiger partial charge >= 0.3 is 0 Å². The highest BCUT2D eigenvalue weighted by Crippen LogP contribution is 2.36. The van der Waals surface area contributed by atoms with E-state index in [9.17, 15) is 10.2 Å². The van der Waals surface area contributed by atoms with Gasteiger partial charge in [-0.25, -0.2) is 0 Å². The molecule has 0 spiro atoms. The molecule has 1 aliphatic rings. The van der Waals surface area contributed by atoms with Crippen molar-refractivity contribution in [2.24, 2.45) is 5.41 Å². The molecule has 1 aliphatic carbocycles. The minimum atomic E-state index is -0.539. The number of hydrogen-bond acceptors (Lipinski definition) is 4. The number of aliphatic hydroxyl groups excluding tert-OH is 2. The molecular formula is C17H27NO3. The average Bonchev–Trinajstić information content (AvgIpc) is 2.95. The van der Waals surface area contributed by atoms with Crippen molar-refractivity contribution >= 4 is 0 Å². The normalized spacial score (nSPS) is 18.6. The predicted octanol–water partition coefficient (Wildman–Crippen LogP) is 1.88. The largest absolute Gasteiger partial charge is 0.491 e. The minimum Gasteiger partial charge on any atom is -0.491 e. The molecule has 1 atom stereocenters.